The Hall–Kier alpha value is -2.75. The lowest BCUT2D eigenvalue weighted by Gasteiger charge is -2.05. The number of carbonyl (C=O) groups is 2. The molecule has 3 aromatic rings. The van der Waals surface area contributed by atoms with Gasteiger partial charge in [0.15, 0.2) is 5.78 Å². The Morgan fingerprint density at radius 2 is 1.91 bits per heavy atom. The van der Waals surface area contributed by atoms with Gasteiger partial charge in [-0.15, -0.1) is 0 Å². The fraction of sp³-hybridized carbons (Fsp3) is 0.211. The second-order valence-corrected chi connectivity index (χ2v) is 5.95. The highest BCUT2D eigenvalue weighted by Gasteiger charge is 2.34. The standard InChI is InChI=1S/C19H16N2O2/c22-17(14-11-12-5-1-2-6-13(12)19(14)23)9-10-18-20-15-7-3-4-8-16(15)21-18/h1-8,14H,9-11H2,(H,20,21)/t14-/m0/s1. The fourth-order valence-electron chi connectivity index (χ4n) is 3.24. The number of nitrogens with zero attached hydrogens (tertiary/aromatic N) is 1. The summed E-state index contributed by atoms with van der Waals surface area (Å²) >= 11 is 0. The van der Waals surface area contributed by atoms with Crippen molar-refractivity contribution >= 4 is 22.6 Å². The van der Waals surface area contributed by atoms with Crippen LogP contribution in [0.4, 0.5) is 0 Å². The first-order chi connectivity index (χ1) is 11.2. The molecule has 2 aromatic carbocycles. The molecular weight excluding hydrogens is 288 g/mol. The van der Waals surface area contributed by atoms with E-state index < -0.39 is 5.92 Å². The number of Topliss-reactive ketones (excluding diaryl/α,β-unsaturated/α-hetero) is 2. The molecule has 4 nitrogen and oxygen atoms in total. The molecule has 1 atom stereocenters. The summed E-state index contributed by atoms with van der Waals surface area (Å²) in [6, 6.07) is 15.3. The van der Waals surface area contributed by atoms with Crippen molar-refractivity contribution in [3.05, 3.63) is 65.5 Å². The lowest BCUT2D eigenvalue weighted by atomic mass is 9.96. The van der Waals surface area contributed by atoms with Gasteiger partial charge in [-0.1, -0.05) is 36.4 Å². The van der Waals surface area contributed by atoms with Crippen LogP contribution >= 0.6 is 0 Å². The van der Waals surface area contributed by atoms with Crippen LogP contribution in [-0.4, -0.2) is 21.5 Å². The summed E-state index contributed by atoms with van der Waals surface area (Å²) in [6.45, 7) is 0. The van der Waals surface area contributed by atoms with E-state index in [0.29, 0.717) is 24.8 Å². The van der Waals surface area contributed by atoms with Crippen LogP contribution in [0.25, 0.3) is 11.0 Å². The Bertz CT molecular complexity index is 877. The van der Waals surface area contributed by atoms with Crippen molar-refractivity contribution in [2.24, 2.45) is 5.92 Å². The number of imidazole rings is 1. The molecule has 0 amide bonds. The van der Waals surface area contributed by atoms with E-state index >= 15 is 0 Å². The van der Waals surface area contributed by atoms with Crippen molar-refractivity contribution in [1.29, 1.82) is 0 Å². The maximum atomic E-state index is 12.5. The Labute approximate surface area is 133 Å². The third kappa shape index (κ3) is 2.46. The average molecular weight is 304 g/mol. The molecule has 1 aromatic heterocycles. The predicted octanol–water partition coefficient (Wildman–Crippen LogP) is 3.12. The molecule has 4 rings (SSSR count). The molecular formula is C19H16N2O2. The molecule has 1 heterocycles. The van der Waals surface area contributed by atoms with Gasteiger partial charge in [-0.05, 0) is 24.1 Å². The van der Waals surface area contributed by atoms with Crippen LogP contribution in [0.1, 0.15) is 28.2 Å². The second kappa shape index (κ2) is 5.47. The summed E-state index contributed by atoms with van der Waals surface area (Å²) in [6.07, 6.45) is 1.41. The number of aromatic amines is 1. The molecule has 114 valence electrons. The van der Waals surface area contributed by atoms with Gasteiger partial charge in [0.05, 0.1) is 17.0 Å². The molecule has 1 aliphatic rings. The van der Waals surface area contributed by atoms with Gasteiger partial charge in [0.25, 0.3) is 0 Å². The fourth-order valence-corrected chi connectivity index (χ4v) is 3.24. The summed E-state index contributed by atoms with van der Waals surface area (Å²) in [4.78, 5) is 32.5. The molecule has 0 saturated carbocycles. The lowest BCUT2D eigenvalue weighted by Crippen LogP contribution is -2.21. The molecule has 0 spiro atoms. The van der Waals surface area contributed by atoms with Crippen molar-refractivity contribution < 1.29 is 9.59 Å². The summed E-state index contributed by atoms with van der Waals surface area (Å²) in [7, 11) is 0. The second-order valence-electron chi connectivity index (χ2n) is 5.95. The zero-order valence-corrected chi connectivity index (χ0v) is 12.6. The number of hydrogen-bond acceptors (Lipinski definition) is 3. The molecule has 23 heavy (non-hydrogen) atoms. The van der Waals surface area contributed by atoms with Crippen LogP contribution in [0.2, 0.25) is 0 Å². The Morgan fingerprint density at radius 3 is 2.74 bits per heavy atom. The maximum absolute atomic E-state index is 12.5. The van der Waals surface area contributed by atoms with Crippen LogP contribution in [0.3, 0.4) is 0 Å². The van der Waals surface area contributed by atoms with E-state index in [2.05, 4.69) is 9.97 Å². The molecule has 4 heteroatoms. The Balaban J connectivity index is 1.46. The van der Waals surface area contributed by atoms with Crippen molar-refractivity contribution in [2.45, 2.75) is 19.3 Å². The van der Waals surface area contributed by atoms with E-state index in [1.165, 1.54) is 0 Å². The summed E-state index contributed by atoms with van der Waals surface area (Å²) in [5, 5.41) is 0. The number of H-pyrrole nitrogens is 1. The van der Waals surface area contributed by atoms with Crippen molar-refractivity contribution in [3.8, 4) is 0 Å². The molecule has 0 radical (unpaired) electrons. The van der Waals surface area contributed by atoms with E-state index in [4.69, 9.17) is 0 Å². The van der Waals surface area contributed by atoms with Crippen LogP contribution in [-0.2, 0) is 17.6 Å². The Kier molecular flexibility index (Phi) is 3.30. The van der Waals surface area contributed by atoms with Gasteiger partial charge in [-0.3, -0.25) is 9.59 Å². The van der Waals surface area contributed by atoms with Crippen LogP contribution in [0.5, 0.6) is 0 Å². The third-order valence-electron chi connectivity index (χ3n) is 4.46. The van der Waals surface area contributed by atoms with E-state index in [1.807, 2.05) is 48.5 Å². The smallest absolute Gasteiger partial charge is 0.173 e. The van der Waals surface area contributed by atoms with Gasteiger partial charge in [-0.25, -0.2) is 4.98 Å². The monoisotopic (exact) mass is 304 g/mol. The normalized spacial score (nSPS) is 16.7. The molecule has 0 unspecified atom stereocenters. The maximum Gasteiger partial charge on any atom is 0.173 e. The highest BCUT2D eigenvalue weighted by Crippen LogP contribution is 2.28. The van der Waals surface area contributed by atoms with Gasteiger partial charge >= 0.3 is 0 Å². The molecule has 1 N–H and O–H groups in total. The van der Waals surface area contributed by atoms with Gasteiger partial charge < -0.3 is 4.98 Å². The van der Waals surface area contributed by atoms with Crippen LogP contribution in [0, 0.1) is 5.92 Å². The third-order valence-corrected chi connectivity index (χ3v) is 4.46. The SMILES string of the molecule is O=C(CCc1nc2ccccc2[nH]1)[C@@H]1Cc2ccccc2C1=O. The number of nitrogens with one attached hydrogen (secondary N) is 1. The van der Waals surface area contributed by atoms with E-state index in [0.717, 1.165) is 22.4 Å². The van der Waals surface area contributed by atoms with Crippen molar-refractivity contribution in [3.63, 3.8) is 0 Å². The van der Waals surface area contributed by atoms with E-state index in [9.17, 15) is 9.59 Å². The summed E-state index contributed by atoms with van der Waals surface area (Å²) in [5.74, 6) is 0.251. The number of rotatable bonds is 4. The molecule has 0 saturated heterocycles. The van der Waals surface area contributed by atoms with E-state index in [-0.39, 0.29) is 11.6 Å². The molecule has 0 aliphatic heterocycles. The zero-order valence-electron chi connectivity index (χ0n) is 12.6. The van der Waals surface area contributed by atoms with Crippen LogP contribution in [0.15, 0.2) is 48.5 Å². The molecule has 1 aliphatic carbocycles. The topological polar surface area (TPSA) is 62.8 Å². The Morgan fingerprint density at radius 1 is 1.13 bits per heavy atom. The zero-order chi connectivity index (χ0) is 15.8. The summed E-state index contributed by atoms with van der Waals surface area (Å²) < 4.78 is 0. The minimum atomic E-state index is -0.517. The van der Waals surface area contributed by atoms with Gasteiger partial charge in [-0.2, -0.15) is 0 Å². The van der Waals surface area contributed by atoms with E-state index in [1.54, 1.807) is 0 Å². The predicted molar refractivity (Wildman–Crippen MR) is 87.4 cm³/mol. The van der Waals surface area contributed by atoms with Crippen molar-refractivity contribution in [1.82, 2.24) is 9.97 Å². The highest BCUT2D eigenvalue weighted by atomic mass is 16.2. The number of benzene rings is 2. The number of carbonyl (C=O) groups excluding carboxylic acids is 2. The minimum Gasteiger partial charge on any atom is -0.342 e. The lowest BCUT2D eigenvalue weighted by molar-refractivity contribution is -0.121. The van der Waals surface area contributed by atoms with Crippen LogP contribution < -0.4 is 0 Å². The average Bonchev–Trinajstić information content (AvgIpc) is 3.14. The molecule has 0 fully saturated rings. The first-order valence-corrected chi connectivity index (χ1v) is 7.81. The first-order valence-electron chi connectivity index (χ1n) is 7.81. The number of fused-ring (bicyclic) bond motifs is 2. The number of hydrogen-bond donors (Lipinski definition) is 1. The number of aromatic nitrogens is 2. The number of aryl methyl sites for hydroxylation is 1. The molecule has 0 bridgehead atoms. The summed E-state index contributed by atoms with van der Waals surface area (Å²) in [5.41, 5.74) is 3.56. The van der Waals surface area contributed by atoms with Gasteiger partial charge in [0.2, 0.25) is 0 Å². The number of para-hydroxylation sites is 2. The van der Waals surface area contributed by atoms with Gasteiger partial charge in [0.1, 0.15) is 11.6 Å². The largest absolute Gasteiger partial charge is 0.342 e. The van der Waals surface area contributed by atoms with Crippen molar-refractivity contribution in [2.75, 3.05) is 0 Å². The van der Waals surface area contributed by atoms with Gasteiger partial charge in [0, 0.05) is 18.4 Å². The number of ketones is 2. The minimum absolute atomic E-state index is 0.00616. The quantitative estimate of drug-likeness (QED) is 0.753. The first kappa shape index (κ1) is 13.9. The highest BCUT2D eigenvalue weighted by molar-refractivity contribution is 6.14.